The fraction of sp³-hybridized carbons (Fsp3) is 0. The van der Waals surface area contributed by atoms with Gasteiger partial charge in [-0.1, -0.05) is 0 Å². The summed E-state index contributed by atoms with van der Waals surface area (Å²) in [6.45, 7) is 0. The van der Waals surface area contributed by atoms with Gasteiger partial charge in [0, 0.05) is 0 Å². The minimum atomic E-state index is -0.348. The van der Waals surface area contributed by atoms with Crippen LogP contribution in [0.25, 0.3) is 0 Å². The van der Waals surface area contributed by atoms with Crippen molar-refractivity contribution in [2.24, 2.45) is 0 Å². The number of carbonyl (C=O) groups is 1. The van der Waals surface area contributed by atoms with E-state index >= 15 is 0 Å². The molecule has 0 aliphatic carbocycles. The van der Waals surface area contributed by atoms with Crippen molar-refractivity contribution in [3.63, 3.8) is 0 Å². The van der Waals surface area contributed by atoms with Crippen LogP contribution in [0.3, 0.4) is 0 Å². The molecule has 2 N–H and O–H groups in total. The van der Waals surface area contributed by atoms with Crippen molar-refractivity contribution in [3.8, 4) is 0 Å². The lowest BCUT2D eigenvalue weighted by Gasteiger charge is -1.95. The van der Waals surface area contributed by atoms with Crippen molar-refractivity contribution < 1.29 is 9.21 Å². The molecule has 0 unspecified atom stereocenters. The minimum absolute atomic E-state index is 0.239. The Morgan fingerprint density at radius 2 is 2.54 bits per heavy atom. The fourth-order valence-electron chi connectivity index (χ4n) is 0.848. The predicted molar refractivity (Wildman–Crippen MR) is 43.0 cm³/mol. The number of nitrogens with one attached hydrogen (secondary N) is 2. The molecule has 0 bridgehead atoms. The maximum Gasteiger partial charge on any atom is 0.292 e. The molecule has 6 heteroatoms. The normalized spacial score (nSPS) is 9.85. The molecule has 6 nitrogen and oxygen atoms in total. The second kappa shape index (κ2) is 3.10. The number of furan rings is 1. The summed E-state index contributed by atoms with van der Waals surface area (Å²) in [6.07, 6.45) is 2.83. The number of rotatable bonds is 2. The minimum Gasteiger partial charge on any atom is -0.459 e. The molecule has 0 radical (unpaired) electrons. The number of anilines is 1. The number of hydrogen-bond donors (Lipinski definition) is 2. The van der Waals surface area contributed by atoms with Crippen molar-refractivity contribution in [3.05, 3.63) is 30.4 Å². The Morgan fingerprint density at radius 1 is 1.62 bits per heavy atom. The predicted octanol–water partition coefficient (Wildman–Crippen LogP) is 0.650. The Morgan fingerprint density at radius 3 is 3.15 bits per heavy atom. The third-order valence-electron chi connectivity index (χ3n) is 1.40. The topological polar surface area (TPSA) is 83.8 Å². The van der Waals surface area contributed by atoms with E-state index in [0.29, 0.717) is 5.82 Å². The molecule has 0 aliphatic rings. The summed E-state index contributed by atoms with van der Waals surface area (Å²) >= 11 is 0. The van der Waals surface area contributed by atoms with Crippen LogP contribution in [-0.2, 0) is 0 Å². The van der Waals surface area contributed by atoms with Gasteiger partial charge in [0.1, 0.15) is 0 Å². The molecule has 66 valence electrons. The van der Waals surface area contributed by atoms with Crippen molar-refractivity contribution in [2.75, 3.05) is 5.32 Å². The summed E-state index contributed by atoms with van der Waals surface area (Å²) in [5, 5.41) is 12.1. The number of nitrogens with zero attached hydrogens (tertiary/aromatic N) is 2. The van der Waals surface area contributed by atoms with Crippen LogP contribution in [0.2, 0.25) is 0 Å². The van der Waals surface area contributed by atoms with E-state index in [9.17, 15) is 4.79 Å². The van der Waals surface area contributed by atoms with E-state index < -0.39 is 0 Å². The second-order valence-electron chi connectivity index (χ2n) is 2.29. The van der Waals surface area contributed by atoms with E-state index in [1.54, 1.807) is 12.1 Å². The molecule has 2 rings (SSSR count). The first-order chi connectivity index (χ1) is 6.36. The number of H-pyrrole nitrogens is 1. The molecule has 0 saturated heterocycles. The first-order valence-corrected chi connectivity index (χ1v) is 3.57. The lowest BCUT2D eigenvalue weighted by molar-refractivity contribution is 0.0996. The van der Waals surface area contributed by atoms with Gasteiger partial charge < -0.3 is 9.73 Å². The van der Waals surface area contributed by atoms with Gasteiger partial charge in [-0.05, 0) is 12.1 Å². The Kier molecular flexibility index (Phi) is 1.79. The van der Waals surface area contributed by atoms with Gasteiger partial charge in [-0.15, -0.1) is 5.10 Å². The molecule has 13 heavy (non-hydrogen) atoms. The molecule has 0 spiro atoms. The van der Waals surface area contributed by atoms with Gasteiger partial charge >= 0.3 is 0 Å². The van der Waals surface area contributed by atoms with E-state index in [0.717, 1.165) is 0 Å². The number of carbonyl (C=O) groups excluding carboxylic acids is 1. The fourth-order valence-corrected chi connectivity index (χ4v) is 0.848. The Balaban J connectivity index is 2.08. The number of aromatic nitrogens is 3. The second-order valence-corrected chi connectivity index (χ2v) is 2.29. The van der Waals surface area contributed by atoms with Crippen LogP contribution in [0.5, 0.6) is 0 Å². The lowest BCUT2D eigenvalue weighted by Crippen LogP contribution is -2.10. The van der Waals surface area contributed by atoms with Crippen LogP contribution in [0.15, 0.2) is 29.0 Å². The van der Waals surface area contributed by atoms with Gasteiger partial charge in [-0.2, -0.15) is 10.3 Å². The highest BCUT2D eigenvalue weighted by Crippen LogP contribution is 2.04. The zero-order chi connectivity index (χ0) is 9.10. The van der Waals surface area contributed by atoms with Crippen LogP contribution in [0.4, 0.5) is 5.82 Å². The molecule has 0 aliphatic heterocycles. The largest absolute Gasteiger partial charge is 0.459 e. The molecule has 1 amide bonds. The molecular formula is C7H6N4O2. The highest BCUT2D eigenvalue weighted by Gasteiger charge is 2.09. The van der Waals surface area contributed by atoms with Crippen LogP contribution < -0.4 is 5.32 Å². The highest BCUT2D eigenvalue weighted by atomic mass is 16.3. The van der Waals surface area contributed by atoms with Crippen LogP contribution >= 0.6 is 0 Å². The summed E-state index contributed by atoms with van der Waals surface area (Å²) in [5.41, 5.74) is 0. The van der Waals surface area contributed by atoms with E-state index in [1.165, 1.54) is 12.5 Å². The Bertz CT molecular complexity index is 379. The van der Waals surface area contributed by atoms with Gasteiger partial charge in [-0.3, -0.25) is 4.79 Å². The summed E-state index contributed by atoms with van der Waals surface area (Å²) in [6, 6.07) is 3.20. The van der Waals surface area contributed by atoms with Gasteiger partial charge in [0.25, 0.3) is 5.91 Å². The summed E-state index contributed by atoms with van der Waals surface area (Å²) in [4.78, 5) is 11.3. The molecule has 0 atom stereocenters. The average molecular weight is 178 g/mol. The van der Waals surface area contributed by atoms with E-state index in [1.807, 2.05) is 0 Å². The first kappa shape index (κ1) is 7.53. The molecule has 0 saturated carbocycles. The molecule has 0 fully saturated rings. The highest BCUT2D eigenvalue weighted by molar-refractivity contribution is 6.01. The number of aromatic amines is 1. The van der Waals surface area contributed by atoms with Gasteiger partial charge in [-0.25, -0.2) is 0 Å². The SMILES string of the molecule is O=C(Nc1cn[nH]n1)c1ccco1. The van der Waals surface area contributed by atoms with Gasteiger partial charge in [0.05, 0.1) is 12.5 Å². The molecular weight excluding hydrogens is 172 g/mol. The van der Waals surface area contributed by atoms with Gasteiger partial charge in [0.15, 0.2) is 11.6 Å². The molecule has 0 aromatic carbocycles. The molecule has 2 heterocycles. The zero-order valence-electron chi connectivity index (χ0n) is 6.52. The Hall–Kier alpha value is -2.11. The van der Waals surface area contributed by atoms with E-state index in [-0.39, 0.29) is 11.7 Å². The van der Waals surface area contributed by atoms with Crippen LogP contribution in [-0.4, -0.2) is 21.3 Å². The average Bonchev–Trinajstić information content (AvgIpc) is 2.74. The molecule has 2 aromatic rings. The maximum atomic E-state index is 11.3. The quantitative estimate of drug-likeness (QED) is 0.707. The third kappa shape index (κ3) is 1.56. The number of hydrogen-bond acceptors (Lipinski definition) is 4. The van der Waals surface area contributed by atoms with Crippen LogP contribution in [0.1, 0.15) is 10.6 Å². The first-order valence-electron chi connectivity index (χ1n) is 3.57. The Labute approximate surface area is 72.9 Å². The maximum absolute atomic E-state index is 11.3. The summed E-state index contributed by atoms with van der Waals surface area (Å²) in [5.74, 6) is 0.253. The van der Waals surface area contributed by atoms with Crippen molar-refractivity contribution >= 4 is 11.7 Å². The zero-order valence-corrected chi connectivity index (χ0v) is 6.52. The van der Waals surface area contributed by atoms with Crippen LogP contribution in [0, 0.1) is 0 Å². The van der Waals surface area contributed by atoms with Crippen molar-refractivity contribution in [1.82, 2.24) is 15.4 Å². The monoisotopic (exact) mass is 178 g/mol. The lowest BCUT2D eigenvalue weighted by atomic mass is 10.4. The smallest absolute Gasteiger partial charge is 0.292 e. The van der Waals surface area contributed by atoms with Crippen molar-refractivity contribution in [1.29, 1.82) is 0 Å². The van der Waals surface area contributed by atoms with Crippen molar-refractivity contribution in [2.45, 2.75) is 0 Å². The van der Waals surface area contributed by atoms with E-state index in [2.05, 4.69) is 20.7 Å². The summed E-state index contributed by atoms with van der Waals surface area (Å²) < 4.78 is 4.87. The number of amides is 1. The van der Waals surface area contributed by atoms with Gasteiger partial charge in [0.2, 0.25) is 0 Å². The standard InChI is InChI=1S/C7H6N4O2/c12-7(5-2-1-3-13-5)9-6-4-8-11-10-6/h1-4H,(H2,8,9,10,11,12). The molecule has 2 aromatic heterocycles. The third-order valence-corrected chi connectivity index (χ3v) is 1.40. The van der Waals surface area contributed by atoms with E-state index in [4.69, 9.17) is 4.42 Å². The summed E-state index contributed by atoms with van der Waals surface area (Å²) in [7, 11) is 0.